The van der Waals surface area contributed by atoms with Crippen molar-refractivity contribution in [1.82, 2.24) is 4.57 Å². The third-order valence-corrected chi connectivity index (χ3v) is 4.93. The van der Waals surface area contributed by atoms with Crippen molar-refractivity contribution in [1.29, 1.82) is 0 Å². The van der Waals surface area contributed by atoms with E-state index in [0.29, 0.717) is 29.2 Å². The molecule has 0 saturated heterocycles. The molecule has 0 atom stereocenters. The Balaban J connectivity index is 1.61. The molecule has 0 amide bonds. The topological polar surface area (TPSA) is 79.9 Å². The van der Waals surface area contributed by atoms with Crippen molar-refractivity contribution in [3.05, 3.63) is 70.9 Å². The van der Waals surface area contributed by atoms with Gasteiger partial charge in [-0.25, -0.2) is 0 Å². The van der Waals surface area contributed by atoms with Crippen LogP contribution in [0, 0.1) is 13.8 Å². The van der Waals surface area contributed by atoms with Crippen LogP contribution < -0.4 is 9.47 Å². The minimum Gasteiger partial charge on any atom is -0.493 e. The molecule has 0 unspecified atom stereocenters. The van der Waals surface area contributed by atoms with Crippen LogP contribution in [0.4, 0.5) is 0 Å². The van der Waals surface area contributed by atoms with Gasteiger partial charge in [0.05, 0.1) is 33.4 Å². The molecule has 3 rings (SSSR count). The second-order valence-electron chi connectivity index (χ2n) is 6.90. The Morgan fingerprint density at radius 3 is 2.47 bits per heavy atom. The molecule has 0 aliphatic carbocycles. The van der Waals surface area contributed by atoms with Crippen molar-refractivity contribution in [2.45, 2.75) is 26.8 Å². The number of benzene rings is 1. The number of methoxy groups -OCH3 is 2. The van der Waals surface area contributed by atoms with Crippen LogP contribution >= 0.6 is 0 Å². The largest absolute Gasteiger partial charge is 0.493 e. The number of ether oxygens (including phenoxy) is 3. The molecule has 2 heterocycles. The van der Waals surface area contributed by atoms with Gasteiger partial charge < -0.3 is 23.2 Å². The summed E-state index contributed by atoms with van der Waals surface area (Å²) in [7, 11) is 3.07. The van der Waals surface area contributed by atoms with E-state index >= 15 is 0 Å². The zero-order valence-corrected chi connectivity index (χ0v) is 17.6. The fourth-order valence-electron chi connectivity index (χ4n) is 3.32. The Labute approximate surface area is 175 Å². The van der Waals surface area contributed by atoms with Gasteiger partial charge in [0.1, 0.15) is 5.76 Å². The predicted molar refractivity (Wildman–Crippen MR) is 110 cm³/mol. The lowest BCUT2D eigenvalue weighted by molar-refractivity contribution is -0.141. The molecule has 0 saturated carbocycles. The quantitative estimate of drug-likeness (QED) is 0.394. The highest BCUT2D eigenvalue weighted by Gasteiger charge is 2.18. The Kier molecular flexibility index (Phi) is 6.61. The predicted octanol–water partition coefficient (Wildman–Crippen LogP) is 3.73. The summed E-state index contributed by atoms with van der Waals surface area (Å²) >= 11 is 0. The first-order valence-electron chi connectivity index (χ1n) is 9.51. The first-order chi connectivity index (χ1) is 14.4. The number of aromatic nitrogens is 1. The van der Waals surface area contributed by atoms with Gasteiger partial charge in [-0.2, -0.15) is 0 Å². The molecule has 0 fully saturated rings. The van der Waals surface area contributed by atoms with E-state index in [-0.39, 0.29) is 18.8 Å². The number of aryl methyl sites for hydroxylation is 1. The standard InChI is InChI=1S/C23H25NO6/c1-15-10-19(16(2)24(15)13-18-6-5-9-29-18)20(25)14-30-23(26)12-17-7-8-21(27-3)22(11-17)28-4/h5-11H,12-14H2,1-4H3. The average molecular weight is 411 g/mol. The number of hydrogen-bond donors (Lipinski definition) is 0. The summed E-state index contributed by atoms with van der Waals surface area (Å²) < 4.78 is 23.0. The van der Waals surface area contributed by atoms with Crippen LogP contribution in [0.1, 0.15) is 33.1 Å². The van der Waals surface area contributed by atoms with E-state index in [2.05, 4.69) is 0 Å². The van der Waals surface area contributed by atoms with Crippen LogP contribution in [-0.2, 0) is 22.5 Å². The molecule has 0 aliphatic heterocycles. The Morgan fingerprint density at radius 2 is 1.80 bits per heavy atom. The molecule has 158 valence electrons. The number of esters is 1. The van der Waals surface area contributed by atoms with Crippen LogP contribution in [0.2, 0.25) is 0 Å². The van der Waals surface area contributed by atoms with Gasteiger partial charge in [-0.1, -0.05) is 6.07 Å². The summed E-state index contributed by atoms with van der Waals surface area (Å²) in [5.41, 5.74) is 2.99. The second kappa shape index (κ2) is 9.35. The highest BCUT2D eigenvalue weighted by atomic mass is 16.5. The maximum Gasteiger partial charge on any atom is 0.310 e. The van der Waals surface area contributed by atoms with Gasteiger partial charge in [-0.15, -0.1) is 0 Å². The lowest BCUT2D eigenvalue weighted by atomic mass is 10.1. The zero-order chi connectivity index (χ0) is 21.7. The maximum atomic E-state index is 12.6. The normalized spacial score (nSPS) is 10.7. The molecular formula is C23H25NO6. The fraction of sp³-hybridized carbons (Fsp3) is 0.304. The van der Waals surface area contributed by atoms with E-state index in [0.717, 1.165) is 17.1 Å². The number of rotatable bonds is 9. The highest BCUT2D eigenvalue weighted by molar-refractivity contribution is 5.99. The number of furan rings is 1. The van der Waals surface area contributed by atoms with Crippen molar-refractivity contribution in [3.8, 4) is 11.5 Å². The van der Waals surface area contributed by atoms with Crippen LogP contribution in [0.3, 0.4) is 0 Å². The van der Waals surface area contributed by atoms with Gasteiger partial charge in [-0.05, 0) is 49.7 Å². The molecule has 0 bridgehead atoms. The molecule has 0 aliphatic rings. The molecular weight excluding hydrogens is 386 g/mol. The summed E-state index contributed by atoms with van der Waals surface area (Å²) in [4.78, 5) is 24.8. The number of hydrogen-bond acceptors (Lipinski definition) is 6. The number of carbonyl (C=O) groups excluding carboxylic acids is 2. The van der Waals surface area contributed by atoms with Crippen LogP contribution in [-0.4, -0.2) is 37.1 Å². The van der Waals surface area contributed by atoms with Crippen LogP contribution in [0.5, 0.6) is 11.5 Å². The number of carbonyl (C=O) groups is 2. The molecule has 0 spiro atoms. The van der Waals surface area contributed by atoms with Gasteiger partial charge >= 0.3 is 5.97 Å². The Hall–Kier alpha value is -3.48. The number of Topliss-reactive ketones (excluding diaryl/α,β-unsaturated/α-hetero) is 1. The second-order valence-corrected chi connectivity index (χ2v) is 6.90. The summed E-state index contributed by atoms with van der Waals surface area (Å²) in [5.74, 6) is 1.18. The molecule has 7 heteroatoms. The third kappa shape index (κ3) is 4.74. The lowest BCUT2D eigenvalue weighted by Crippen LogP contribution is -2.16. The SMILES string of the molecule is COc1ccc(CC(=O)OCC(=O)c2cc(C)n(Cc3ccco3)c2C)cc1OC. The van der Waals surface area contributed by atoms with Gasteiger partial charge in [0.25, 0.3) is 0 Å². The van der Waals surface area contributed by atoms with E-state index in [4.69, 9.17) is 18.6 Å². The molecule has 2 aromatic heterocycles. The molecule has 1 aromatic carbocycles. The van der Waals surface area contributed by atoms with E-state index in [1.807, 2.05) is 36.6 Å². The Morgan fingerprint density at radius 1 is 1.03 bits per heavy atom. The van der Waals surface area contributed by atoms with Crippen molar-refractivity contribution in [2.75, 3.05) is 20.8 Å². The summed E-state index contributed by atoms with van der Waals surface area (Å²) in [6, 6.07) is 10.7. The minimum atomic E-state index is -0.486. The van der Waals surface area contributed by atoms with E-state index in [1.54, 1.807) is 31.6 Å². The summed E-state index contributed by atoms with van der Waals surface area (Å²) in [5, 5.41) is 0. The van der Waals surface area contributed by atoms with Gasteiger partial charge in [-0.3, -0.25) is 9.59 Å². The summed E-state index contributed by atoms with van der Waals surface area (Å²) in [6.07, 6.45) is 1.65. The lowest BCUT2D eigenvalue weighted by Gasteiger charge is -2.10. The zero-order valence-electron chi connectivity index (χ0n) is 17.6. The minimum absolute atomic E-state index is 0.0329. The van der Waals surface area contributed by atoms with Crippen molar-refractivity contribution < 1.29 is 28.2 Å². The average Bonchev–Trinajstić information content (AvgIpc) is 3.35. The maximum absolute atomic E-state index is 12.6. The van der Waals surface area contributed by atoms with Gasteiger partial charge in [0.2, 0.25) is 5.78 Å². The monoisotopic (exact) mass is 411 g/mol. The molecule has 0 radical (unpaired) electrons. The van der Waals surface area contributed by atoms with Crippen molar-refractivity contribution >= 4 is 11.8 Å². The number of nitrogens with zero attached hydrogens (tertiary/aromatic N) is 1. The van der Waals surface area contributed by atoms with Crippen molar-refractivity contribution in [2.24, 2.45) is 0 Å². The van der Waals surface area contributed by atoms with E-state index in [1.165, 1.54) is 7.11 Å². The van der Waals surface area contributed by atoms with Crippen LogP contribution in [0.15, 0.2) is 47.1 Å². The van der Waals surface area contributed by atoms with E-state index < -0.39 is 5.97 Å². The van der Waals surface area contributed by atoms with Gasteiger partial charge in [0, 0.05) is 17.0 Å². The van der Waals surface area contributed by atoms with Gasteiger partial charge in [0.15, 0.2) is 18.1 Å². The molecule has 0 N–H and O–H groups in total. The first kappa shape index (κ1) is 21.2. The van der Waals surface area contributed by atoms with Crippen LogP contribution in [0.25, 0.3) is 0 Å². The fourth-order valence-corrected chi connectivity index (χ4v) is 3.32. The molecule has 7 nitrogen and oxygen atoms in total. The Bertz CT molecular complexity index is 1030. The smallest absolute Gasteiger partial charge is 0.310 e. The number of ketones is 1. The molecule has 3 aromatic rings. The first-order valence-corrected chi connectivity index (χ1v) is 9.51. The highest BCUT2D eigenvalue weighted by Crippen LogP contribution is 2.27. The summed E-state index contributed by atoms with van der Waals surface area (Å²) in [6.45, 7) is 4.03. The third-order valence-electron chi connectivity index (χ3n) is 4.93. The molecule has 30 heavy (non-hydrogen) atoms. The van der Waals surface area contributed by atoms with E-state index in [9.17, 15) is 9.59 Å². The van der Waals surface area contributed by atoms with Crippen molar-refractivity contribution in [3.63, 3.8) is 0 Å².